The molecular weight excluding hydrogens is 248 g/mol. The first-order valence-electron chi connectivity index (χ1n) is 6.12. The third-order valence-corrected chi connectivity index (χ3v) is 3.99. The van der Waals surface area contributed by atoms with Gasteiger partial charge in [-0.15, -0.1) is 0 Å². The summed E-state index contributed by atoms with van der Waals surface area (Å²) in [7, 11) is 0. The fourth-order valence-electron chi connectivity index (χ4n) is 2.08. The molecule has 0 unspecified atom stereocenters. The van der Waals surface area contributed by atoms with Gasteiger partial charge in [-0.25, -0.2) is 0 Å². The predicted octanol–water partition coefficient (Wildman–Crippen LogP) is 1.51. The largest absolute Gasteiger partial charge is 0.334 e. The molecule has 5 nitrogen and oxygen atoms in total. The van der Waals surface area contributed by atoms with E-state index in [4.69, 9.17) is 4.52 Å². The van der Waals surface area contributed by atoms with Gasteiger partial charge in [0.2, 0.25) is 0 Å². The first-order valence-corrected chi connectivity index (χ1v) is 7.06. The Morgan fingerprint density at radius 2 is 2.22 bits per heavy atom. The van der Waals surface area contributed by atoms with Crippen LogP contribution in [0.2, 0.25) is 0 Å². The Balaban J connectivity index is 1.71. The Morgan fingerprint density at radius 3 is 2.94 bits per heavy atom. The van der Waals surface area contributed by atoms with Crippen molar-refractivity contribution >= 4 is 11.3 Å². The van der Waals surface area contributed by atoms with Crippen LogP contribution in [0.5, 0.6) is 0 Å². The topological polar surface area (TPSA) is 54.2 Å². The lowest BCUT2D eigenvalue weighted by molar-refractivity contribution is 0.225. The van der Waals surface area contributed by atoms with Crippen molar-refractivity contribution in [3.8, 4) is 11.5 Å². The van der Waals surface area contributed by atoms with Crippen molar-refractivity contribution in [3.05, 3.63) is 22.1 Å². The quantitative estimate of drug-likeness (QED) is 0.910. The molecule has 2 aromatic rings. The lowest BCUT2D eigenvalue weighted by atomic mass is 10.2. The van der Waals surface area contributed by atoms with E-state index < -0.39 is 0 Å². The number of nitrogens with one attached hydrogen (secondary N) is 1. The molecule has 6 heteroatoms. The Morgan fingerprint density at radius 1 is 1.39 bits per heavy atom. The van der Waals surface area contributed by atoms with Gasteiger partial charge in [-0.05, 0) is 17.9 Å². The van der Waals surface area contributed by atoms with Crippen molar-refractivity contribution in [2.75, 3.05) is 26.2 Å². The molecular formula is C12H16N4OS. The van der Waals surface area contributed by atoms with Crippen LogP contribution < -0.4 is 5.32 Å². The van der Waals surface area contributed by atoms with Crippen LogP contribution in [0.1, 0.15) is 11.4 Å². The molecule has 1 fully saturated rings. The molecule has 1 saturated heterocycles. The summed E-state index contributed by atoms with van der Waals surface area (Å²) in [5, 5.41) is 11.5. The second-order valence-electron chi connectivity index (χ2n) is 4.51. The summed E-state index contributed by atoms with van der Waals surface area (Å²) in [5.74, 6) is 1.41. The maximum Gasteiger partial charge on any atom is 0.259 e. The molecule has 0 radical (unpaired) electrons. The van der Waals surface area contributed by atoms with E-state index in [0.717, 1.165) is 44.1 Å². The molecule has 18 heavy (non-hydrogen) atoms. The summed E-state index contributed by atoms with van der Waals surface area (Å²) in [6, 6.07) is 0. The van der Waals surface area contributed by atoms with Crippen LogP contribution in [-0.4, -0.2) is 41.2 Å². The zero-order valence-electron chi connectivity index (χ0n) is 10.3. The summed E-state index contributed by atoms with van der Waals surface area (Å²) in [6.07, 6.45) is 0. The summed E-state index contributed by atoms with van der Waals surface area (Å²) in [4.78, 5) is 6.81. The van der Waals surface area contributed by atoms with E-state index in [9.17, 15) is 0 Å². The molecule has 0 bridgehead atoms. The number of hydrogen-bond acceptors (Lipinski definition) is 6. The van der Waals surface area contributed by atoms with E-state index in [1.165, 1.54) is 5.56 Å². The van der Waals surface area contributed by atoms with Gasteiger partial charge in [0, 0.05) is 31.6 Å². The van der Waals surface area contributed by atoms with E-state index in [0.29, 0.717) is 5.89 Å². The van der Waals surface area contributed by atoms with Gasteiger partial charge < -0.3 is 9.84 Å². The zero-order valence-corrected chi connectivity index (χ0v) is 11.2. The molecule has 0 saturated carbocycles. The first kappa shape index (κ1) is 11.8. The molecule has 0 amide bonds. The van der Waals surface area contributed by atoms with Gasteiger partial charge in [0.25, 0.3) is 5.89 Å². The van der Waals surface area contributed by atoms with Crippen molar-refractivity contribution in [3.63, 3.8) is 0 Å². The fraction of sp³-hybridized carbons (Fsp3) is 0.500. The second kappa shape index (κ2) is 5.17. The monoisotopic (exact) mass is 264 g/mol. The normalized spacial score (nSPS) is 17.2. The molecule has 2 aromatic heterocycles. The molecule has 0 atom stereocenters. The molecule has 0 spiro atoms. The minimum Gasteiger partial charge on any atom is -0.334 e. The van der Waals surface area contributed by atoms with Crippen molar-refractivity contribution in [1.29, 1.82) is 0 Å². The standard InChI is InChI=1S/C12H16N4OS/c1-9-7-18-8-10(9)12-14-11(15-17-12)6-16-4-2-13-3-5-16/h7-8,13H,2-6H2,1H3. The van der Waals surface area contributed by atoms with Gasteiger partial charge in [0.15, 0.2) is 5.82 Å². The van der Waals surface area contributed by atoms with Gasteiger partial charge in [-0.3, -0.25) is 4.90 Å². The number of aryl methyl sites for hydroxylation is 1. The van der Waals surface area contributed by atoms with Crippen molar-refractivity contribution in [2.45, 2.75) is 13.5 Å². The number of hydrogen-bond donors (Lipinski definition) is 1. The molecule has 0 aromatic carbocycles. The third kappa shape index (κ3) is 2.45. The Hall–Kier alpha value is -1.24. The maximum absolute atomic E-state index is 5.33. The van der Waals surface area contributed by atoms with Gasteiger partial charge in [-0.2, -0.15) is 16.3 Å². The smallest absolute Gasteiger partial charge is 0.259 e. The highest BCUT2D eigenvalue weighted by molar-refractivity contribution is 7.08. The Labute approximate surface area is 110 Å². The van der Waals surface area contributed by atoms with E-state index >= 15 is 0 Å². The van der Waals surface area contributed by atoms with Crippen LogP contribution in [-0.2, 0) is 6.54 Å². The zero-order chi connectivity index (χ0) is 12.4. The van der Waals surface area contributed by atoms with E-state index in [1.807, 2.05) is 0 Å². The Kier molecular flexibility index (Phi) is 3.40. The van der Waals surface area contributed by atoms with Crippen LogP contribution in [0.25, 0.3) is 11.5 Å². The average molecular weight is 264 g/mol. The van der Waals surface area contributed by atoms with Crippen molar-refractivity contribution in [1.82, 2.24) is 20.4 Å². The SMILES string of the molecule is Cc1cscc1-c1nc(CN2CCNCC2)no1. The van der Waals surface area contributed by atoms with Crippen LogP contribution in [0, 0.1) is 6.92 Å². The van der Waals surface area contributed by atoms with E-state index in [1.54, 1.807) is 11.3 Å². The lowest BCUT2D eigenvalue weighted by Crippen LogP contribution is -2.43. The number of thiophene rings is 1. The average Bonchev–Trinajstić information content (AvgIpc) is 2.99. The van der Waals surface area contributed by atoms with E-state index in [2.05, 4.69) is 38.0 Å². The predicted molar refractivity (Wildman–Crippen MR) is 70.5 cm³/mol. The van der Waals surface area contributed by atoms with Gasteiger partial charge in [0.05, 0.1) is 12.1 Å². The van der Waals surface area contributed by atoms with Crippen LogP contribution in [0.4, 0.5) is 0 Å². The van der Waals surface area contributed by atoms with Crippen molar-refractivity contribution < 1.29 is 4.52 Å². The highest BCUT2D eigenvalue weighted by Gasteiger charge is 2.15. The van der Waals surface area contributed by atoms with E-state index in [-0.39, 0.29) is 0 Å². The number of rotatable bonds is 3. The van der Waals surface area contributed by atoms with Crippen LogP contribution >= 0.6 is 11.3 Å². The van der Waals surface area contributed by atoms with Gasteiger partial charge >= 0.3 is 0 Å². The summed E-state index contributed by atoms with van der Waals surface area (Å²) < 4.78 is 5.33. The van der Waals surface area contributed by atoms with Crippen LogP contribution in [0.3, 0.4) is 0 Å². The molecule has 1 aliphatic rings. The minimum absolute atomic E-state index is 0.638. The summed E-state index contributed by atoms with van der Waals surface area (Å²) >= 11 is 1.66. The number of piperazine rings is 1. The molecule has 0 aliphatic carbocycles. The molecule has 1 aliphatic heterocycles. The molecule has 1 N–H and O–H groups in total. The Bertz CT molecular complexity index is 516. The molecule has 3 heterocycles. The highest BCUT2D eigenvalue weighted by Crippen LogP contribution is 2.25. The molecule has 3 rings (SSSR count). The van der Waals surface area contributed by atoms with Gasteiger partial charge in [-0.1, -0.05) is 5.16 Å². The minimum atomic E-state index is 0.638. The number of aromatic nitrogens is 2. The summed E-state index contributed by atoms with van der Waals surface area (Å²) in [6.45, 7) is 6.99. The first-order chi connectivity index (χ1) is 8.83. The molecule has 96 valence electrons. The maximum atomic E-state index is 5.33. The third-order valence-electron chi connectivity index (χ3n) is 3.13. The van der Waals surface area contributed by atoms with Gasteiger partial charge in [0.1, 0.15) is 0 Å². The fourth-order valence-corrected chi connectivity index (χ4v) is 2.90. The highest BCUT2D eigenvalue weighted by atomic mass is 32.1. The van der Waals surface area contributed by atoms with Crippen LogP contribution in [0.15, 0.2) is 15.3 Å². The summed E-state index contributed by atoms with van der Waals surface area (Å²) in [5.41, 5.74) is 2.25. The lowest BCUT2D eigenvalue weighted by Gasteiger charge is -2.25. The number of nitrogens with zero attached hydrogens (tertiary/aromatic N) is 3. The second-order valence-corrected chi connectivity index (χ2v) is 5.25. The van der Waals surface area contributed by atoms with Crippen molar-refractivity contribution in [2.24, 2.45) is 0 Å².